The Bertz CT molecular complexity index is 468. The normalized spacial score (nSPS) is 15.6. The van der Waals surface area contributed by atoms with Crippen LogP contribution in [0.3, 0.4) is 0 Å². The molecule has 2 N–H and O–H groups in total. The van der Waals surface area contributed by atoms with Crippen LogP contribution in [0.5, 0.6) is 0 Å². The SMILES string of the molecule is CC(=O)OCCC(C)CCC(F)C(C)(C)O.CC(=O)OCCC(C)CCC(O)C(C)(C)F. The van der Waals surface area contributed by atoms with Crippen LogP contribution in [0.4, 0.5) is 8.78 Å². The largest absolute Gasteiger partial charge is 0.466 e. The summed E-state index contributed by atoms with van der Waals surface area (Å²) in [6, 6.07) is 0. The fourth-order valence-electron chi connectivity index (χ4n) is 2.67. The summed E-state index contributed by atoms with van der Waals surface area (Å²) in [6.07, 6.45) is 1.54. The van der Waals surface area contributed by atoms with Crippen molar-refractivity contribution < 1.29 is 38.1 Å². The monoisotopic (exact) mass is 468 g/mol. The average Bonchev–Trinajstić information content (AvgIpc) is 2.62. The highest BCUT2D eigenvalue weighted by molar-refractivity contribution is 5.66. The van der Waals surface area contributed by atoms with E-state index in [0.717, 1.165) is 19.3 Å². The van der Waals surface area contributed by atoms with Gasteiger partial charge in [-0.3, -0.25) is 9.59 Å². The standard InChI is InChI=1S/2C12H23FO3/c1-9(7-8-16-10(2)14)5-6-11(15)12(3,4)13;1-9(7-8-16-10(2)14)5-6-11(13)12(3,4)15/h2*9,11,15H,5-8H2,1-4H3. The first-order valence-corrected chi connectivity index (χ1v) is 11.5. The summed E-state index contributed by atoms with van der Waals surface area (Å²) in [7, 11) is 0. The van der Waals surface area contributed by atoms with Crippen molar-refractivity contribution >= 4 is 11.9 Å². The Morgan fingerprint density at radius 2 is 1.19 bits per heavy atom. The van der Waals surface area contributed by atoms with Gasteiger partial charge in [0.25, 0.3) is 0 Å². The molecule has 4 unspecified atom stereocenters. The molecule has 0 heterocycles. The number of esters is 2. The smallest absolute Gasteiger partial charge is 0.302 e. The number of hydrogen-bond donors (Lipinski definition) is 2. The van der Waals surface area contributed by atoms with Crippen molar-refractivity contribution in [3.05, 3.63) is 0 Å². The molecule has 192 valence electrons. The minimum atomic E-state index is -1.55. The topological polar surface area (TPSA) is 93.1 Å². The minimum Gasteiger partial charge on any atom is -0.466 e. The van der Waals surface area contributed by atoms with Gasteiger partial charge in [0.1, 0.15) is 11.8 Å². The molecular formula is C24H46F2O6. The second-order valence-corrected chi connectivity index (χ2v) is 9.82. The molecule has 0 amide bonds. The minimum absolute atomic E-state index is 0.280. The van der Waals surface area contributed by atoms with Gasteiger partial charge < -0.3 is 19.7 Å². The predicted octanol–water partition coefficient (Wildman–Crippen LogP) is 4.93. The molecule has 0 fully saturated rings. The molecule has 0 aromatic carbocycles. The van der Waals surface area contributed by atoms with Crippen molar-refractivity contribution in [2.75, 3.05) is 13.2 Å². The Kier molecular flexibility index (Phi) is 16.8. The second kappa shape index (κ2) is 16.4. The van der Waals surface area contributed by atoms with Crippen LogP contribution in [-0.4, -0.2) is 58.9 Å². The van der Waals surface area contributed by atoms with Crippen molar-refractivity contribution in [1.82, 2.24) is 0 Å². The highest BCUT2D eigenvalue weighted by atomic mass is 19.1. The summed E-state index contributed by atoms with van der Waals surface area (Å²) in [4.78, 5) is 21.0. The van der Waals surface area contributed by atoms with Crippen LogP contribution < -0.4 is 0 Å². The third kappa shape index (κ3) is 20.6. The summed E-state index contributed by atoms with van der Waals surface area (Å²) in [5.74, 6) is 0.0421. The third-order valence-corrected chi connectivity index (χ3v) is 5.24. The van der Waals surface area contributed by atoms with E-state index in [4.69, 9.17) is 9.47 Å². The molecule has 32 heavy (non-hydrogen) atoms. The lowest BCUT2D eigenvalue weighted by molar-refractivity contribution is -0.142. The van der Waals surface area contributed by atoms with Crippen LogP contribution >= 0.6 is 0 Å². The number of aliphatic hydroxyl groups is 2. The summed E-state index contributed by atoms with van der Waals surface area (Å²) in [5.41, 5.74) is -2.81. The van der Waals surface area contributed by atoms with Crippen LogP contribution in [0.2, 0.25) is 0 Å². The number of carbonyl (C=O) groups is 2. The van der Waals surface area contributed by atoms with Crippen molar-refractivity contribution in [3.8, 4) is 0 Å². The van der Waals surface area contributed by atoms with Crippen LogP contribution in [0.15, 0.2) is 0 Å². The van der Waals surface area contributed by atoms with E-state index in [-0.39, 0.29) is 11.9 Å². The Morgan fingerprint density at radius 1 is 0.812 bits per heavy atom. The maximum atomic E-state index is 13.4. The summed E-state index contributed by atoms with van der Waals surface area (Å²) in [6.45, 7) is 13.2. The van der Waals surface area contributed by atoms with Gasteiger partial charge in [-0.25, -0.2) is 8.78 Å². The first-order valence-electron chi connectivity index (χ1n) is 11.5. The van der Waals surface area contributed by atoms with E-state index < -0.39 is 23.5 Å². The quantitative estimate of drug-likeness (QED) is 0.351. The van der Waals surface area contributed by atoms with Crippen molar-refractivity contribution in [2.24, 2.45) is 11.8 Å². The van der Waals surface area contributed by atoms with Gasteiger partial charge in [-0.05, 0) is 78.1 Å². The number of aliphatic hydroxyl groups excluding tert-OH is 1. The van der Waals surface area contributed by atoms with Crippen molar-refractivity contribution in [1.29, 1.82) is 0 Å². The maximum Gasteiger partial charge on any atom is 0.302 e. The number of rotatable bonds is 14. The third-order valence-electron chi connectivity index (χ3n) is 5.24. The predicted molar refractivity (Wildman–Crippen MR) is 122 cm³/mol. The molecule has 0 aliphatic heterocycles. The van der Waals surface area contributed by atoms with Gasteiger partial charge in [0, 0.05) is 13.8 Å². The van der Waals surface area contributed by atoms with E-state index >= 15 is 0 Å². The zero-order chi connectivity index (χ0) is 25.5. The van der Waals surface area contributed by atoms with E-state index in [1.165, 1.54) is 41.5 Å². The molecule has 0 spiro atoms. The van der Waals surface area contributed by atoms with Gasteiger partial charge in [0.05, 0.1) is 24.9 Å². The molecule has 8 heteroatoms. The highest BCUT2D eigenvalue weighted by Crippen LogP contribution is 2.22. The Morgan fingerprint density at radius 3 is 1.50 bits per heavy atom. The van der Waals surface area contributed by atoms with Gasteiger partial charge in [-0.2, -0.15) is 0 Å². The Balaban J connectivity index is 0. The van der Waals surface area contributed by atoms with E-state index in [1.807, 2.05) is 13.8 Å². The van der Waals surface area contributed by atoms with Crippen LogP contribution in [-0.2, 0) is 19.1 Å². The van der Waals surface area contributed by atoms with Gasteiger partial charge in [0.2, 0.25) is 0 Å². The summed E-state index contributed by atoms with van der Waals surface area (Å²) >= 11 is 0. The summed E-state index contributed by atoms with van der Waals surface area (Å²) < 4.78 is 36.3. The molecule has 4 atom stereocenters. The Hall–Kier alpha value is -1.28. The number of carbonyl (C=O) groups excluding carboxylic acids is 2. The molecule has 0 rings (SSSR count). The number of halogens is 2. The number of alkyl halides is 2. The second-order valence-electron chi connectivity index (χ2n) is 9.82. The Labute approximate surface area is 193 Å². The number of hydrogen-bond acceptors (Lipinski definition) is 6. The molecule has 0 aliphatic rings. The zero-order valence-electron chi connectivity index (χ0n) is 21.2. The van der Waals surface area contributed by atoms with Gasteiger partial charge >= 0.3 is 11.9 Å². The molecule has 0 aliphatic carbocycles. The summed E-state index contributed by atoms with van der Waals surface area (Å²) in [5, 5.41) is 18.9. The average molecular weight is 469 g/mol. The number of ether oxygens (including phenoxy) is 2. The molecule has 0 aromatic heterocycles. The zero-order valence-corrected chi connectivity index (χ0v) is 21.2. The van der Waals surface area contributed by atoms with E-state index in [2.05, 4.69) is 0 Å². The fourth-order valence-corrected chi connectivity index (χ4v) is 2.67. The van der Waals surface area contributed by atoms with E-state index in [1.54, 1.807) is 0 Å². The first-order chi connectivity index (χ1) is 14.5. The van der Waals surface area contributed by atoms with Crippen molar-refractivity contribution in [3.63, 3.8) is 0 Å². The fraction of sp³-hybridized carbons (Fsp3) is 0.917. The lowest BCUT2D eigenvalue weighted by Crippen LogP contribution is -2.32. The molecule has 0 saturated carbocycles. The van der Waals surface area contributed by atoms with Gasteiger partial charge in [0.15, 0.2) is 0 Å². The van der Waals surface area contributed by atoms with E-state index in [9.17, 15) is 28.6 Å². The molecule has 0 saturated heterocycles. The lowest BCUT2D eigenvalue weighted by atomic mass is 9.94. The van der Waals surface area contributed by atoms with Crippen LogP contribution in [0, 0.1) is 11.8 Å². The van der Waals surface area contributed by atoms with E-state index in [0.29, 0.717) is 44.3 Å². The van der Waals surface area contributed by atoms with Crippen molar-refractivity contribution in [2.45, 2.75) is 117 Å². The maximum absolute atomic E-state index is 13.4. The first kappa shape index (κ1) is 32.9. The highest BCUT2D eigenvalue weighted by Gasteiger charge is 2.27. The van der Waals surface area contributed by atoms with Crippen LogP contribution in [0.1, 0.15) is 93.9 Å². The van der Waals surface area contributed by atoms with Crippen LogP contribution in [0.25, 0.3) is 0 Å². The van der Waals surface area contributed by atoms with Gasteiger partial charge in [-0.1, -0.05) is 13.8 Å². The molecule has 0 bridgehead atoms. The molecule has 6 nitrogen and oxygen atoms in total. The molecule has 0 radical (unpaired) electrons. The van der Waals surface area contributed by atoms with Gasteiger partial charge in [-0.15, -0.1) is 0 Å². The molecule has 0 aromatic rings. The lowest BCUT2D eigenvalue weighted by Gasteiger charge is -2.23. The molecular weight excluding hydrogens is 422 g/mol.